The highest BCUT2D eigenvalue weighted by Crippen LogP contribution is 2.06. The van der Waals surface area contributed by atoms with Crippen LogP contribution in [0.5, 0.6) is 0 Å². The molecule has 0 aromatic heterocycles. The van der Waals surface area contributed by atoms with Crippen molar-refractivity contribution >= 4 is 29.8 Å². The number of carbonyl (C=O) groups excluding carboxylic acids is 2. The molecular formula is C19H19N3O2. The lowest BCUT2D eigenvalue weighted by Crippen LogP contribution is -2.20. The van der Waals surface area contributed by atoms with Crippen molar-refractivity contribution in [3.63, 3.8) is 0 Å². The summed E-state index contributed by atoms with van der Waals surface area (Å²) >= 11 is 0. The van der Waals surface area contributed by atoms with Crippen molar-refractivity contribution in [1.82, 2.24) is 5.43 Å². The summed E-state index contributed by atoms with van der Waals surface area (Å²) in [7, 11) is 0. The number of nitrogens with zero attached hydrogens (tertiary/aromatic N) is 1. The number of amides is 2. The van der Waals surface area contributed by atoms with E-state index in [0.717, 1.165) is 5.56 Å². The Labute approximate surface area is 141 Å². The van der Waals surface area contributed by atoms with Gasteiger partial charge in [0, 0.05) is 24.7 Å². The van der Waals surface area contributed by atoms with E-state index in [4.69, 9.17) is 0 Å². The van der Waals surface area contributed by atoms with E-state index in [1.807, 2.05) is 54.6 Å². The van der Waals surface area contributed by atoms with Crippen LogP contribution in [0, 0.1) is 0 Å². The van der Waals surface area contributed by atoms with Crippen LogP contribution in [0.3, 0.4) is 0 Å². The molecule has 0 radical (unpaired) electrons. The molecule has 2 aromatic rings. The fraction of sp³-hybridized carbons (Fsp3) is 0.105. The SMILES string of the molecule is O=C(CCC(=O)Nc1ccccc1)NN=C/C=C/c1ccccc1. The number of anilines is 1. The molecule has 0 aliphatic carbocycles. The fourth-order valence-electron chi connectivity index (χ4n) is 1.90. The van der Waals surface area contributed by atoms with Crippen molar-refractivity contribution in [3.05, 3.63) is 72.3 Å². The highest BCUT2D eigenvalue weighted by molar-refractivity contribution is 5.93. The topological polar surface area (TPSA) is 70.6 Å². The number of benzene rings is 2. The Hall–Kier alpha value is -3.21. The summed E-state index contributed by atoms with van der Waals surface area (Å²) in [5.41, 5.74) is 4.15. The number of para-hydroxylation sites is 1. The first-order valence-electron chi connectivity index (χ1n) is 7.62. The average Bonchev–Trinajstić information content (AvgIpc) is 2.61. The normalized spacial score (nSPS) is 10.8. The lowest BCUT2D eigenvalue weighted by molar-refractivity contribution is -0.124. The fourth-order valence-corrected chi connectivity index (χ4v) is 1.90. The van der Waals surface area contributed by atoms with Gasteiger partial charge >= 0.3 is 0 Å². The van der Waals surface area contributed by atoms with E-state index < -0.39 is 0 Å². The molecule has 24 heavy (non-hydrogen) atoms. The van der Waals surface area contributed by atoms with Crippen LogP contribution in [0.2, 0.25) is 0 Å². The van der Waals surface area contributed by atoms with Crippen molar-refractivity contribution in [2.75, 3.05) is 5.32 Å². The minimum absolute atomic E-state index is 0.0818. The number of hydrazone groups is 1. The maximum Gasteiger partial charge on any atom is 0.240 e. The molecule has 122 valence electrons. The Morgan fingerprint density at radius 2 is 1.50 bits per heavy atom. The van der Waals surface area contributed by atoms with E-state index in [-0.39, 0.29) is 24.7 Å². The maximum absolute atomic E-state index is 11.7. The van der Waals surface area contributed by atoms with Gasteiger partial charge in [-0.1, -0.05) is 54.6 Å². The van der Waals surface area contributed by atoms with Crippen LogP contribution in [-0.2, 0) is 9.59 Å². The Bertz CT molecular complexity index is 710. The minimum atomic E-state index is -0.303. The molecule has 0 aliphatic heterocycles. The predicted octanol–water partition coefficient (Wildman–Crippen LogP) is 3.22. The van der Waals surface area contributed by atoms with Gasteiger partial charge in [0.25, 0.3) is 0 Å². The number of hydrogen-bond acceptors (Lipinski definition) is 3. The maximum atomic E-state index is 11.7. The molecule has 0 saturated carbocycles. The molecule has 2 rings (SSSR count). The van der Waals surface area contributed by atoms with E-state index in [2.05, 4.69) is 15.8 Å². The van der Waals surface area contributed by atoms with Crippen LogP contribution in [0.25, 0.3) is 6.08 Å². The van der Waals surface area contributed by atoms with Gasteiger partial charge < -0.3 is 5.32 Å². The second kappa shape index (κ2) is 9.74. The Kier molecular flexibility index (Phi) is 6.96. The van der Waals surface area contributed by atoms with E-state index in [0.29, 0.717) is 5.69 Å². The van der Waals surface area contributed by atoms with Gasteiger partial charge in [-0.05, 0) is 23.8 Å². The average molecular weight is 321 g/mol. The van der Waals surface area contributed by atoms with Gasteiger partial charge in [0.2, 0.25) is 11.8 Å². The monoisotopic (exact) mass is 321 g/mol. The van der Waals surface area contributed by atoms with Crippen molar-refractivity contribution in [1.29, 1.82) is 0 Å². The van der Waals surface area contributed by atoms with Gasteiger partial charge in [-0.25, -0.2) is 5.43 Å². The quantitative estimate of drug-likeness (QED) is 0.607. The third-order valence-corrected chi connectivity index (χ3v) is 3.07. The van der Waals surface area contributed by atoms with Gasteiger partial charge in [-0.2, -0.15) is 5.10 Å². The zero-order valence-corrected chi connectivity index (χ0v) is 13.2. The Morgan fingerprint density at radius 3 is 2.21 bits per heavy atom. The molecule has 0 fully saturated rings. The van der Waals surface area contributed by atoms with Crippen LogP contribution < -0.4 is 10.7 Å². The second-order valence-corrected chi connectivity index (χ2v) is 5.00. The van der Waals surface area contributed by atoms with Gasteiger partial charge in [0.05, 0.1) is 0 Å². The summed E-state index contributed by atoms with van der Waals surface area (Å²) in [4.78, 5) is 23.3. The molecule has 5 heteroatoms. The summed E-state index contributed by atoms with van der Waals surface area (Å²) in [6.45, 7) is 0. The zero-order valence-electron chi connectivity index (χ0n) is 13.2. The first-order chi connectivity index (χ1) is 11.7. The summed E-state index contributed by atoms with van der Waals surface area (Å²) < 4.78 is 0. The lowest BCUT2D eigenvalue weighted by atomic mass is 10.2. The molecule has 0 bridgehead atoms. The molecule has 0 saturated heterocycles. The molecule has 2 N–H and O–H groups in total. The molecule has 0 spiro atoms. The first kappa shape index (κ1) is 17.1. The molecular weight excluding hydrogens is 302 g/mol. The molecule has 0 atom stereocenters. The lowest BCUT2D eigenvalue weighted by Gasteiger charge is -2.04. The molecule has 0 heterocycles. The first-order valence-corrected chi connectivity index (χ1v) is 7.62. The Morgan fingerprint density at radius 1 is 0.875 bits per heavy atom. The van der Waals surface area contributed by atoms with Crippen LogP contribution in [0.4, 0.5) is 5.69 Å². The Balaban J connectivity index is 1.65. The van der Waals surface area contributed by atoms with Crippen molar-refractivity contribution in [2.45, 2.75) is 12.8 Å². The van der Waals surface area contributed by atoms with Gasteiger partial charge in [0.1, 0.15) is 0 Å². The largest absolute Gasteiger partial charge is 0.326 e. The van der Waals surface area contributed by atoms with Gasteiger partial charge in [0.15, 0.2) is 0 Å². The standard InChI is InChI=1S/C19H19N3O2/c23-18(21-17-11-5-2-6-12-17)13-14-19(24)22-20-15-7-10-16-8-3-1-4-9-16/h1-12,15H,13-14H2,(H,21,23)(H,22,24)/b10-7+,20-15?. The smallest absolute Gasteiger partial charge is 0.240 e. The molecule has 0 aliphatic rings. The second-order valence-electron chi connectivity index (χ2n) is 5.00. The number of carbonyl (C=O) groups is 2. The molecule has 2 aromatic carbocycles. The van der Waals surface area contributed by atoms with Crippen LogP contribution in [-0.4, -0.2) is 18.0 Å². The minimum Gasteiger partial charge on any atom is -0.326 e. The molecule has 2 amide bonds. The van der Waals surface area contributed by atoms with E-state index >= 15 is 0 Å². The summed E-state index contributed by atoms with van der Waals surface area (Å²) in [6.07, 6.45) is 5.30. The van der Waals surface area contributed by atoms with Crippen LogP contribution >= 0.6 is 0 Å². The van der Waals surface area contributed by atoms with Crippen LogP contribution in [0.15, 0.2) is 71.8 Å². The number of rotatable bonds is 7. The summed E-state index contributed by atoms with van der Waals surface area (Å²) in [5, 5.41) is 6.53. The van der Waals surface area contributed by atoms with Crippen molar-refractivity contribution in [3.8, 4) is 0 Å². The highest BCUT2D eigenvalue weighted by Gasteiger charge is 2.06. The number of nitrogens with one attached hydrogen (secondary N) is 2. The zero-order chi connectivity index (χ0) is 17.0. The van der Waals surface area contributed by atoms with Gasteiger partial charge in [-0.15, -0.1) is 0 Å². The van der Waals surface area contributed by atoms with E-state index in [9.17, 15) is 9.59 Å². The third kappa shape index (κ3) is 6.70. The molecule has 5 nitrogen and oxygen atoms in total. The van der Waals surface area contributed by atoms with E-state index in [1.54, 1.807) is 18.2 Å². The van der Waals surface area contributed by atoms with Crippen molar-refractivity contribution in [2.24, 2.45) is 5.10 Å². The van der Waals surface area contributed by atoms with Crippen molar-refractivity contribution < 1.29 is 9.59 Å². The summed E-state index contributed by atoms with van der Waals surface area (Å²) in [5.74, 6) is -0.508. The van der Waals surface area contributed by atoms with Crippen LogP contribution in [0.1, 0.15) is 18.4 Å². The summed E-state index contributed by atoms with van der Waals surface area (Å²) in [6, 6.07) is 18.9. The highest BCUT2D eigenvalue weighted by atomic mass is 16.2. The third-order valence-electron chi connectivity index (χ3n) is 3.07. The number of allylic oxidation sites excluding steroid dienone is 1. The predicted molar refractivity (Wildman–Crippen MR) is 96.4 cm³/mol. The van der Waals surface area contributed by atoms with Gasteiger partial charge in [-0.3, -0.25) is 9.59 Å². The number of hydrogen-bond donors (Lipinski definition) is 2. The molecule has 0 unspecified atom stereocenters. The van der Waals surface area contributed by atoms with E-state index in [1.165, 1.54) is 6.21 Å².